The Morgan fingerprint density at radius 3 is 2.60 bits per heavy atom. The normalized spacial score (nSPS) is 13.3. The molecular formula is C23H17BrFN3O2. The topological polar surface area (TPSA) is 61.8 Å². The van der Waals surface area contributed by atoms with E-state index >= 15 is 0 Å². The second-order valence-electron chi connectivity index (χ2n) is 6.77. The second-order valence-corrected chi connectivity index (χ2v) is 7.68. The molecule has 150 valence electrons. The van der Waals surface area contributed by atoms with Crippen molar-refractivity contribution in [2.75, 3.05) is 16.8 Å². The van der Waals surface area contributed by atoms with E-state index in [2.05, 4.69) is 26.2 Å². The first kappa shape index (κ1) is 20.0. The molecule has 0 unspecified atom stereocenters. The van der Waals surface area contributed by atoms with Gasteiger partial charge < -0.3 is 10.2 Å². The first-order chi connectivity index (χ1) is 14.5. The molecule has 0 spiro atoms. The first-order valence-corrected chi connectivity index (χ1v) is 10.1. The fourth-order valence-electron chi connectivity index (χ4n) is 3.24. The van der Waals surface area contributed by atoms with Gasteiger partial charge in [0.25, 0.3) is 0 Å². The zero-order chi connectivity index (χ0) is 21.1. The Kier molecular flexibility index (Phi) is 5.72. The Hall–Kier alpha value is -3.32. The quantitative estimate of drug-likeness (QED) is 0.583. The Labute approximate surface area is 181 Å². The average Bonchev–Trinajstić information content (AvgIpc) is 2.85. The molecule has 0 aromatic heterocycles. The summed E-state index contributed by atoms with van der Waals surface area (Å²) < 4.78 is 14.1. The van der Waals surface area contributed by atoms with Crippen LogP contribution in [0.5, 0.6) is 0 Å². The number of amides is 2. The lowest BCUT2D eigenvalue weighted by Gasteiger charge is -2.22. The number of para-hydroxylation sites is 2. The fraction of sp³-hybridized carbons (Fsp3) is 0.0870. The number of carbonyl (C=O) groups excluding carboxylic acids is 2. The van der Waals surface area contributed by atoms with Crippen molar-refractivity contribution in [2.45, 2.75) is 6.42 Å². The van der Waals surface area contributed by atoms with Crippen molar-refractivity contribution in [1.82, 2.24) is 0 Å². The van der Waals surface area contributed by atoms with Crippen LogP contribution in [0.4, 0.5) is 21.5 Å². The van der Waals surface area contributed by atoms with Crippen LogP contribution in [-0.4, -0.2) is 24.1 Å². The van der Waals surface area contributed by atoms with Crippen LogP contribution in [0.2, 0.25) is 0 Å². The van der Waals surface area contributed by atoms with Crippen LogP contribution >= 0.6 is 15.9 Å². The van der Waals surface area contributed by atoms with Gasteiger partial charge in [-0.1, -0.05) is 46.3 Å². The molecule has 0 fully saturated rings. The van der Waals surface area contributed by atoms with Crippen molar-refractivity contribution in [3.8, 4) is 0 Å². The molecule has 0 saturated carbocycles. The smallest absolute Gasteiger partial charge is 0.244 e. The third-order valence-corrected chi connectivity index (χ3v) is 5.13. The number of benzene rings is 3. The standard InChI is InChI=1S/C23H17BrFN3O2/c24-16-4-3-5-18(12-16)26-22(29)14-28-21-7-2-1-6-19(21)27-20(13-23(28)30)15-8-10-17(25)11-9-15/h1-12H,13-14H2,(H,26,29). The van der Waals surface area contributed by atoms with Crippen LogP contribution in [0.25, 0.3) is 0 Å². The van der Waals surface area contributed by atoms with Crippen LogP contribution in [-0.2, 0) is 9.59 Å². The maximum absolute atomic E-state index is 13.3. The summed E-state index contributed by atoms with van der Waals surface area (Å²) in [5.74, 6) is -0.931. The maximum atomic E-state index is 13.3. The molecule has 1 N–H and O–H groups in total. The SMILES string of the molecule is O=C(CN1C(=O)CC(c2ccc(F)cc2)=Nc2ccccc21)Nc1cccc(Br)c1. The van der Waals surface area contributed by atoms with Crippen molar-refractivity contribution in [3.63, 3.8) is 0 Å². The number of hydrogen-bond acceptors (Lipinski definition) is 3. The van der Waals surface area contributed by atoms with Crippen LogP contribution < -0.4 is 10.2 Å². The minimum absolute atomic E-state index is 0.00444. The summed E-state index contributed by atoms with van der Waals surface area (Å²) in [6, 6.07) is 20.3. The molecule has 0 aliphatic carbocycles. The minimum Gasteiger partial charge on any atom is -0.324 e. The molecule has 0 bridgehead atoms. The number of nitrogens with one attached hydrogen (secondary N) is 1. The predicted octanol–water partition coefficient (Wildman–Crippen LogP) is 5.08. The highest BCUT2D eigenvalue weighted by Gasteiger charge is 2.26. The molecule has 1 heterocycles. The van der Waals surface area contributed by atoms with E-state index < -0.39 is 0 Å². The summed E-state index contributed by atoms with van der Waals surface area (Å²) in [4.78, 5) is 31.8. The molecule has 4 rings (SSSR count). The monoisotopic (exact) mass is 465 g/mol. The van der Waals surface area contributed by atoms with E-state index in [1.165, 1.54) is 17.0 Å². The van der Waals surface area contributed by atoms with E-state index in [0.717, 1.165) is 4.47 Å². The lowest BCUT2D eigenvalue weighted by atomic mass is 10.1. The number of anilines is 2. The predicted molar refractivity (Wildman–Crippen MR) is 119 cm³/mol. The van der Waals surface area contributed by atoms with E-state index in [0.29, 0.717) is 28.3 Å². The number of fused-ring (bicyclic) bond motifs is 1. The van der Waals surface area contributed by atoms with E-state index in [-0.39, 0.29) is 30.6 Å². The lowest BCUT2D eigenvalue weighted by Crippen LogP contribution is -2.38. The molecule has 5 nitrogen and oxygen atoms in total. The number of aliphatic imine (C=N–C) groups is 1. The van der Waals surface area contributed by atoms with Crippen LogP contribution in [0.1, 0.15) is 12.0 Å². The van der Waals surface area contributed by atoms with E-state index in [4.69, 9.17) is 0 Å². The van der Waals surface area contributed by atoms with Gasteiger partial charge in [-0.2, -0.15) is 0 Å². The Bertz CT molecular complexity index is 1150. The number of nitrogens with zero attached hydrogens (tertiary/aromatic N) is 2. The van der Waals surface area contributed by atoms with Gasteiger partial charge in [0.1, 0.15) is 12.4 Å². The maximum Gasteiger partial charge on any atom is 0.244 e. The zero-order valence-electron chi connectivity index (χ0n) is 15.8. The summed E-state index contributed by atoms with van der Waals surface area (Å²) in [7, 11) is 0. The van der Waals surface area contributed by atoms with E-state index in [1.807, 2.05) is 18.2 Å². The summed E-state index contributed by atoms with van der Waals surface area (Å²) in [5, 5.41) is 2.81. The number of halogens is 2. The van der Waals surface area contributed by atoms with Crippen LogP contribution in [0.15, 0.2) is 82.3 Å². The third kappa shape index (κ3) is 4.46. The molecule has 1 aliphatic rings. The Morgan fingerprint density at radius 2 is 1.83 bits per heavy atom. The molecule has 7 heteroatoms. The molecule has 0 atom stereocenters. The van der Waals surface area contributed by atoms with Crippen LogP contribution in [0.3, 0.4) is 0 Å². The molecule has 0 radical (unpaired) electrons. The molecule has 3 aromatic carbocycles. The highest BCUT2D eigenvalue weighted by Crippen LogP contribution is 2.33. The van der Waals surface area contributed by atoms with Crippen molar-refractivity contribution in [1.29, 1.82) is 0 Å². The molecule has 30 heavy (non-hydrogen) atoms. The van der Waals surface area contributed by atoms with Gasteiger partial charge in [0, 0.05) is 10.2 Å². The van der Waals surface area contributed by atoms with Crippen molar-refractivity contribution >= 4 is 50.5 Å². The largest absolute Gasteiger partial charge is 0.324 e. The van der Waals surface area contributed by atoms with Gasteiger partial charge in [0.2, 0.25) is 11.8 Å². The van der Waals surface area contributed by atoms with Crippen molar-refractivity contribution in [2.24, 2.45) is 4.99 Å². The number of carbonyl (C=O) groups is 2. The summed E-state index contributed by atoms with van der Waals surface area (Å²) in [6.07, 6.45) is 0.00444. The summed E-state index contributed by atoms with van der Waals surface area (Å²) >= 11 is 3.37. The van der Waals surface area contributed by atoms with Crippen LogP contribution in [0, 0.1) is 5.82 Å². The molecular weight excluding hydrogens is 449 g/mol. The highest BCUT2D eigenvalue weighted by molar-refractivity contribution is 9.10. The van der Waals surface area contributed by atoms with Gasteiger partial charge >= 0.3 is 0 Å². The molecule has 1 aliphatic heterocycles. The van der Waals surface area contributed by atoms with Crippen molar-refractivity contribution < 1.29 is 14.0 Å². The van der Waals surface area contributed by atoms with Crippen molar-refractivity contribution in [3.05, 3.63) is 88.6 Å². The summed E-state index contributed by atoms with van der Waals surface area (Å²) in [6.45, 7) is -0.144. The van der Waals surface area contributed by atoms with Gasteiger partial charge in [-0.3, -0.25) is 14.6 Å². The molecule has 0 saturated heterocycles. The van der Waals surface area contributed by atoms with Gasteiger partial charge in [-0.05, 0) is 48.0 Å². The van der Waals surface area contributed by atoms with E-state index in [9.17, 15) is 14.0 Å². The first-order valence-electron chi connectivity index (χ1n) is 9.28. The number of rotatable bonds is 4. The van der Waals surface area contributed by atoms with Gasteiger partial charge in [0.15, 0.2) is 0 Å². The zero-order valence-corrected chi connectivity index (χ0v) is 17.4. The molecule has 3 aromatic rings. The van der Waals surface area contributed by atoms with Gasteiger partial charge in [-0.15, -0.1) is 0 Å². The average molecular weight is 466 g/mol. The third-order valence-electron chi connectivity index (χ3n) is 4.64. The highest BCUT2D eigenvalue weighted by atomic mass is 79.9. The fourth-order valence-corrected chi connectivity index (χ4v) is 3.64. The lowest BCUT2D eigenvalue weighted by molar-refractivity contribution is -0.120. The van der Waals surface area contributed by atoms with E-state index in [1.54, 1.807) is 42.5 Å². The minimum atomic E-state index is -0.356. The Balaban J connectivity index is 1.61. The van der Waals surface area contributed by atoms with Gasteiger partial charge in [-0.25, -0.2) is 4.39 Å². The molecule has 2 amide bonds. The van der Waals surface area contributed by atoms with Gasteiger partial charge in [0.05, 0.1) is 23.5 Å². The summed E-state index contributed by atoms with van der Waals surface area (Å²) in [5.41, 5.74) is 2.97. The second kappa shape index (κ2) is 8.59. The number of hydrogen-bond donors (Lipinski definition) is 1. The Morgan fingerprint density at radius 1 is 1.07 bits per heavy atom.